The maximum Gasteiger partial charge on any atom is 0.337 e. The number of nitrogens with zero attached hydrogens (tertiary/aromatic N) is 3. The summed E-state index contributed by atoms with van der Waals surface area (Å²) in [7, 11) is 1.83. The van der Waals surface area contributed by atoms with Gasteiger partial charge in [0.2, 0.25) is 0 Å². The Bertz CT molecular complexity index is 1420. The first-order chi connectivity index (χ1) is 14.5. The van der Waals surface area contributed by atoms with Gasteiger partial charge in [-0.25, -0.2) is 4.79 Å². The molecule has 2 aromatic carbocycles. The fraction of sp³-hybridized carbons (Fsp3) is 0.0455. The highest BCUT2D eigenvalue weighted by Gasteiger charge is 2.19. The molecule has 0 spiro atoms. The molecule has 148 valence electrons. The summed E-state index contributed by atoms with van der Waals surface area (Å²) in [5, 5.41) is 15.6. The number of rotatable bonds is 4. The minimum atomic E-state index is -1.01. The Hall–Kier alpha value is -3.84. The van der Waals surface area contributed by atoms with Gasteiger partial charge < -0.3 is 14.8 Å². The van der Waals surface area contributed by atoms with Gasteiger partial charge in [0.25, 0.3) is 0 Å². The van der Waals surface area contributed by atoms with Crippen molar-refractivity contribution >= 4 is 39.5 Å². The average Bonchev–Trinajstić information content (AvgIpc) is 3.29. The third-order valence-corrected chi connectivity index (χ3v) is 5.13. The standard InChI is InChI=1S/C22H15ClN4O3/c1-27-21(17-11-16-19(25-17)15(22(28)29)9-10-24-16)14-3-2-4-18(20(14)26-27)30-13-7-5-12(23)6-8-13/h2-11,25H,1H3,(H,28,29). The molecule has 0 bridgehead atoms. The molecule has 0 aliphatic carbocycles. The summed E-state index contributed by atoms with van der Waals surface area (Å²) in [5.41, 5.74) is 3.44. The molecule has 0 aliphatic heterocycles. The van der Waals surface area contributed by atoms with Gasteiger partial charge in [-0.05, 0) is 42.5 Å². The van der Waals surface area contributed by atoms with Crippen molar-refractivity contribution in [3.63, 3.8) is 0 Å². The number of aryl methyl sites for hydroxylation is 1. The van der Waals surface area contributed by atoms with Crippen LogP contribution in [0.25, 0.3) is 33.3 Å². The number of aromatic nitrogens is 4. The summed E-state index contributed by atoms with van der Waals surface area (Å²) >= 11 is 5.95. The van der Waals surface area contributed by atoms with E-state index in [1.165, 1.54) is 12.3 Å². The molecule has 0 unspecified atom stereocenters. The minimum absolute atomic E-state index is 0.171. The number of aromatic amines is 1. The van der Waals surface area contributed by atoms with E-state index in [0.717, 1.165) is 16.8 Å². The Balaban J connectivity index is 1.65. The topological polar surface area (TPSA) is 93.0 Å². The second-order valence-electron chi connectivity index (χ2n) is 6.79. The summed E-state index contributed by atoms with van der Waals surface area (Å²) in [6, 6.07) is 16.1. The Morgan fingerprint density at radius 2 is 1.97 bits per heavy atom. The molecule has 2 N–H and O–H groups in total. The SMILES string of the molecule is Cn1nc2c(Oc3ccc(Cl)cc3)cccc2c1-c1cc2nccc(C(=O)O)c2[nH]1. The molecule has 0 saturated heterocycles. The van der Waals surface area contributed by atoms with E-state index in [2.05, 4.69) is 15.1 Å². The number of H-pyrrole nitrogens is 1. The van der Waals surface area contributed by atoms with Gasteiger partial charge in [-0.3, -0.25) is 9.67 Å². The number of pyridine rings is 1. The van der Waals surface area contributed by atoms with Crippen molar-refractivity contribution in [1.29, 1.82) is 0 Å². The van der Waals surface area contributed by atoms with Crippen molar-refractivity contribution in [1.82, 2.24) is 19.7 Å². The number of ether oxygens (including phenoxy) is 1. The van der Waals surface area contributed by atoms with Crippen LogP contribution >= 0.6 is 11.6 Å². The van der Waals surface area contributed by atoms with Crippen LogP contribution < -0.4 is 4.74 Å². The van der Waals surface area contributed by atoms with E-state index in [4.69, 9.17) is 16.3 Å². The predicted octanol–water partition coefficient (Wildman–Crippen LogP) is 5.26. The van der Waals surface area contributed by atoms with Crippen LogP contribution in [0.15, 0.2) is 60.8 Å². The van der Waals surface area contributed by atoms with Gasteiger partial charge in [-0.2, -0.15) is 5.10 Å². The Morgan fingerprint density at radius 3 is 2.73 bits per heavy atom. The summed E-state index contributed by atoms with van der Waals surface area (Å²) in [4.78, 5) is 19.0. The van der Waals surface area contributed by atoms with Crippen molar-refractivity contribution in [2.45, 2.75) is 0 Å². The molecule has 0 aliphatic rings. The van der Waals surface area contributed by atoms with Crippen LogP contribution in [0.5, 0.6) is 11.5 Å². The quantitative estimate of drug-likeness (QED) is 0.415. The fourth-order valence-electron chi connectivity index (χ4n) is 3.55. The number of carboxylic acids is 1. The molecule has 7 nitrogen and oxygen atoms in total. The van der Waals surface area contributed by atoms with Gasteiger partial charge >= 0.3 is 5.97 Å². The van der Waals surface area contributed by atoms with Crippen LogP contribution in [0.1, 0.15) is 10.4 Å². The van der Waals surface area contributed by atoms with Crippen LogP contribution in [0.2, 0.25) is 5.02 Å². The number of hydrogen-bond donors (Lipinski definition) is 2. The Kier molecular flexibility index (Phi) is 4.18. The fourth-order valence-corrected chi connectivity index (χ4v) is 3.68. The highest BCUT2D eigenvalue weighted by molar-refractivity contribution is 6.30. The maximum atomic E-state index is 11.5. The lowest BCUT2D eigenvalue weighted by Gasteiger charge is -2.06. The monoisotopic (exact) mass is 418 g/mol. The van der Waals surface area contributed by atoms with Crippen LogP contribution in [-0.2, 0) is 7.05 Å². The van der Waals surface area contributed by atoms with Crippen molar-refractivity contribution < 1.29 is 14.6 Å². The predicted molar refractivity (Wildman–Crippen MR) is 114 cm³/mol. The number of halogens is 1. The van der Waals surface area contributed by atoms with Crippen LogP contribution in [-0.4, -0.2) is 30.8 Å². The molecule has 3 aromatic heterocycles. The third kappa shape index (κ3) is 2.96. The first-order valence-corrected chi connectivity index (χ1v) is 9.49. The summed E-state index contributed by atoms with van der Waals surface area (Å²) in [5.74, 6) is 0.251. The van der Waals surface area contributed by atoms with Gasteiger partial charge in [-0.15, -0.1) is 0 Å². The molecule has 0 atom stereocenters. The van der Waals surface area contributed by atoms with Crippen molar-refractivity contribution in [3.05, 3.63) is 71.4 Å². The highest BCUT2D eigenvalue weighted by atomic mass is 35.5. The zero-order valence-corrected chi connectivity index (χ0v) is 16.5. The molecule has 5 aromatic rings. The molecule has 0 saturated carbocycles. The average molecular weight is 419 g/mol. The normalized spacial score (nSPS) is 11.3. The summed E-state index contributed by atoms with van der Waals surface area (Å²) in [6.07, 6.45) is 1.49. The molecule has 0 radical (unpaired) electrons. The minimum Gasteiger partial charge on any atom is -0.478 e. The van der Waals surface area contributed by atoms with E-state index in [-0.39, 0.29) is 5.56 Å². The zero-order chi connectivity index (χ0) is 20.8. The second kappa shape index (κ2) is 6.89. The molecule has 0 fully saturated rings. The number of nitrogens with one attached hydrogen (secondary N) is 1. The van der Waals surface area contributed by atoms with Gasteiger partial charge in [0.1, 0.15) is 11.3 Å². The molecular weight excluding hydrogens is 404 g/mol. The largest absolute Gasteiger partial charge is 0.478 e. The number of fused-ring (bicyclic) bond motifs is 2. The molecule has 5 rings (SSSR count). The lowest BCUT2D eigenvalue weighted by Crippen LogP contribution is -1.98. The summed E-state index contributed by atoms with van der Waals surface area (Å²) in [6.45, 7) is 0. The molecule has 0 amide bonds. The van der Waals surface area contributed by atoms with Crippen LogP contribution in [0, 0.1) is 0 Å². The number of carbonyl (C=O) groups is 1. The van der Waals surface area contributed by atoms with Crippen molar-refractivity contribution in [2.24, 2.45) is 7.05 Å². The molecule has 30 heavy (non-hydrogen) atoms. The first-order valence-electron chi connectivity index (χ1n) is 9.12. The van der Waals surface area contributed by atoms with Gasteiger partial charge in [-0.1, -0.05) is 23.7 Å². The lowest BCUT2D eigenvalue weighted by molar-refractivity contribution is 0.0698. The molecular formula is C22H15ClN4O3. The van der Waals surface area contributed by atoms with Crippen molar-refractivity contribution in [2.75, 3.05) is 0 Å². The van der Waals surface area contributed by atoms with Crippen LogP contribution in [0.4, 0.5) is 0 Å². The molecule has 3 heterocycles. The highest BCUT2D eigenvalue weighted by Crippen LogP contribution is 2.36. The van der Waals surface area contributed by atoms with E-state index in [1.807, 2.05) is 31.3 Å². The maximum absolute atomic E-state index is 11.5. The van der Waals surface area contributed by atoms with Crippen LogP contribution in [0.3, 0.4) is 0 Å². The van der Waals surface area contributed by atoms with Crippen molar-refractivity contribution in [3.8, 4) is 22.9 Å². The van der Waals surface area contributed by atoms with E-state index < -0.39 is 5.97 Å². The van der Waals surface area contributed by atoms with E-state index in [1.54, 1.807) is 28.9 Å². The number of aromatic carboxylic acids is 1. The zero-order valence-electron chi connectivity index (χ0n) is 15.8. The number of carboxylic acid groups (broad SMARTS) is 1. The van der Waals surface area contributed by atoms with Gasteiger partial charge in [0.15, 0.2) is 5.75 Å². The van der Waals surface area contributed by atoms with Gasteiger partial charge in [0, 0.05) is 23.7 Å². The number of benzene rings is 2. The smallest absolute Gasteiger partial charge is 0.337 e. The summed E-state index contributed by atoms with van der Waals surface area (Å²) < 4.78 is 7.77. The molecule has 8 heteroatoms. The Morgan fingerprint density at radius 1 is 1.17 bits per heavy atom. The van der Waals surface area contributed by atoms with E-state index in [9.17, 15) is 9.90 Å². The van der Waals surface area contributed by atoms with E-state index >= 15 is 0 Å². The lowest BCUT2D eigenvalue weighted by atomic mass is 10.1. The Labute approximate surface area is 175 Å². The van der Waals surface area contributed by atoms with E-state index in [0.29, 0.717) is 33.1 Å². The second-order valence-corrected chi connectivity index (χ2v) is 7.22. The third-order valence-electron chi connectivity index (χ3n) is 4.88. The number of hydrogen-bond acceptors (Lipinski definition) is 4. The van der Waals surface area contributed by atoms with Gasteiger partial charge in [0.05, 0.1) is 28.0 Å². The first kappa shape index (κ1) is 18.2.